The first kappa shape index (κ1) is 19.8. The fourth-order valence-electron chi connectivity index (χ4n) is 6.94. The SMILES string of the molecule is CN(C)C(=O)c1ccc2oc(COc3ccc(C45CC6CC(CC(C6)C4)C5)cc3)nc2c1. The normalized spacial score (nSPS) is 28.2. The Balaban J connectivity index is 1.15. The summed E-state index contributed by atoms with van der Waals surface area (Å²) >= 11 is 0. The van der Waals surface area contributed by atoms with E-state index >= 15 is 0 Å². The Morgan fingerprint density at radius 1 is 1.03 bits per heavy atom. The smallest absolute Gasteiger partial charge is 0.253 e. The molecule has 2 aromatic carbocycles. The highest BCUT2D eigenvalue weighted by Crippen LogP contribution is 2.60. The van der Waals surface area contributed by atoms with E-state index in [1.165, 1.54) is 44.1 Å². The van der Waals surface area contributed by atoms with Crippen LogP contribution in [0.5, 0.6) is 5.75 Å². The molecule has 0 radical (unpaired) electrons. The Hall–Kier alpha value is -2.82. The van der Waals surface area contributed by atoms with Gasteiger partial charge >= 0.3 is 0 Å². The Kier molecular flexibility index (Phi) is 4.56. The number of ether oxygens (including phenoxy) is 1. The van der Waals surface area contributed by atoms with Crippen LogP contribution < -0.4 is 4.74 Å². The van der Waals surface area contributed by atoms with Gasteiger partial charge in [0.25, 0.3) is 5.91 Å². The zero-order valence-electron chi connectivity index (χ0n) is 18.8. The van der Waals surface area contributed by atoms with Crippen molar-refractivity contribution in [1.29, 1.82) is 0 Å². The molecule has 166 valence electrons. The molecule has 0 spiro atoms. The first-order chi connectivity index (χ1) is 15.5. The second kappa shape index (κ2) is 7.36. The molecule has 4 aliphatic carbocycles. The number of carbonyl (C=O) groups is 1. The maximum atomic E-state index is 12.2. The van der Waals surface area contributed by atoms with Crippen LogP contribution in [-0.4, -0.2) is 29.9 Å². The summed E-state index contributed by atoms with van der Waals surface area (Å²) in [5.41, 5.74) is 3.85. The standard InChI is InChI=1S/C27H30N2O3/c1-29(2)26(30)20-3-8-24-23(12-20)28-25(32-24)16-31-22-6-4-21(5-7-22)27-13-17-9-18(14-27)11-19(10-17)15-27/h3-8,12,17-19H,9-11,13-16H2,1-2H3. The molecule has 3 aromatic rings. The molecule has 1 heterocycles. The van der Waals surface area contributed by atoms with Crippen molar-refractivity contribution in [3.63, 3.8) is 0 Å². The second-order valence-electron chi connectivity index (χ2n) is 10.5. The third-order valence-electron chi connectivity index (χ3n) is 7.95. The fourth-order valence-corrected chi connectivity index (χ4v) is 6.94. The van der Waals surface area contributed by atoms with E-state index in [0.717, 1.165) is 23.5 Å². The molecular weight excluding hydrogens is 400 g/mol. The van der Waals surface area contributed by atoms with E-state index < -0.39 is 0 Å². The molecule has 5 heteroatoms. The summed E-state index contributed by atoms with van der Waals surface area (Å²) < 4.78 is 11.8. The average molecular weight is 431 g/mol. The van der Waals surface area contributed by atoms with E-state index in [0.29, 0.717) is 28.0 Å². The van der Waals surface area contributed by atoms with Crippen LogP contribution in [0.2, 0.25) is 0 Å². The van der Waals surface area contributed by atoms with Crippen LogP contribution in [-0.2, 0) is 12.0 Å². The van der Waals surface area contributed by atoms with Gasteiger partial charge in [0.1, 0.15) is 11.3 Å². The molecule has 4 fully saturated rings. The van der Waals surface area contributed by atoms with E-state index in [9.17, 15) is 4.79 Å². The lowest BCUT2D eigenvalue weighted by Crippen LogP contribution is -2.48. The molecule has 5 nitrogen and oxygen atoms in total. The first-order valence-electron chi connectivity index (χ1n) is 11.8. The largest absolute Gasteiger partial charge is 0.484 e. The number of rotatable bonds is 5. The Morgan fingerprint density at radius 2 is 1.69 bits per heavy atom. The van der Waals surface area contributed by atoms with Gasteiger partial charge in [-0.3, -0.25) is 4.79 Å². The molecule has 1 amide bonds. The minimum absolute atomic E-state index is 0.0492. The third kappa shape index (κ3) is 3.39. The van der Waals surface area contributed by atoms with Crippen LogP contribution in [0.1, 0.15) is 60.3 Å². The van der Waals surface area contributed by atoms with Gasteiger partial charge in [0.05, 0.1) is 0 Å². The predicted octanol–water partition coefficient (Wildman–Crippen LogP) is 5.58. The van der Waals surface area contributed by atoms with Gasteiger partial charge in [0, 0.05) is 19.7 Å². The number of nitrogens with zero attached hydrogens (tertiary/aromatic N) is 2. The van der Waals surface area contributed by atoms with Gasteiger partial charge < -0.3 is 14.1 Å². The zero-order chi connectivity index (χ0) is 21.9. The highest BCUT2D eigenvalue weighted by molar-refractivity contribution is 5.96. The number of aromatic nitrogens is 1. The third-order valence-corrected chi connectivity index (χ3v) is 7.95. The molecule has 0 saturated heterocycles. The second-order valence-corrected chi connectivity index (χ2v) is 10.5. The molecule has 0 atom stereocenters. The van der Waals surface area contributed by atoms with Crippen LogP contribution in [0.3, 0.4) is 0 Å². The van der Waals surface area contributed by atoms with Gasteiger partial charge in [0.15, 0.2) is 12.2 Å². The van der Waals surface area contributed by atoms with Crippen molar-refractivity contribution in [3.05, 3.63) is 59.5 Å². The van der Waals surface area contributed by atoms with Gasteiger partial charge in [-0.25, -0.2) is 4.98 Å². The van der Waals surface area contributed by atoms with E-state index in [2.05, 4.69) is 29.2 Å². The number of carbonyl (C=O) groups excluding carboxylic acids is 1. The van der Waals surface area contributed by atoms with Crippen LogP contribution in [0.4, 0.5) is 0 Å². The molecule has 0 N–H and O–H groups in total. The molecule has 7 rings (SSSR count). The zero-order valence-corrected chi connectivity index (χ0v) is 18.8. The van der Waals surface area contributed by atoms with Crippen molar-refractivity contribution in [1.82, 2.24) is 9.88 Å². The van der Waals surface area contributed by atoms with E-state index in [1.807, 2.05) is 0 Å². The van der Waals surface area contributed by atoms with Gasteiger partial charge in [-0.1, -0.05) is 12.1 Å². The van der Waals surface area contributed by atoms with Crippen molar-refractivity contribution in [3.8, 4) is 5.75 Å². The molecular formula is C27H30N2O3. The molecule has 0 unspecified atom stereocenters. The average Bonchev–Trinajstić information content (AvgIpc) is 3.18. The fraction of sp³-hybridized carbons (Fsp3) is 0.481. The molecule has 32 heavy (non-hydrogen) atoms. The number of hydrogen-bond donors (Lipinski definition) is 0. The summed E-state index contributed by atoms with van der Waals surface area (Å²) in [6.45, 7) is 0.266. The molecule has 1 aromatic heterocycles. The summed E-state index contributed by atoms with van der Waals surface area (Å²) in [5.74, 6) is 4.15. The monoisotopic (exact) mass is 430 g/mol. The lowest BCUT2D eigenvalue weighted by Gasteiger charge is -2.57. The summed E-state index contributed by atoms with van der Waals surface area (Å²) in [4.78, 5) is 18.2. The highest BCUT2D eigenvalue weighted by atomic mass is 16.5. The summed E-state index contributed by atoms with van der Waals surface area (Å²) in [6.07, 6.45) is 8.53. The number of oxazole rings is 1. The number of hydrogen-bond acceptors (Lipinski definition) is 4. The maximum absolute atomic E-state index is 12.2. The lowest BCUT2D eigenvalue weighted by molar-refractivity contribution is -0.00521. The lowest BCUT2D eigenvalue weighted by atomic mass is 9.48. The highest BCUT2D eigenvalue weighted by Gasteiger charge is 2.51. The number of fused-ring (bicyclic) bond motifs is 1. The molecule has 4 saturated carbocycles. The van der Waals surface area contributed by atoms with Gasteiger partial charge in [-0.2, -0.15) is 0 Å². The Bertz CT molecular complexity index is 1130. The van der Waals surface area contributed by atoms with Gasteiger partial charge in [-0.15, -0.1) is 0 Å². The van der Waals surface area contributed by atoms with Crippen LogP contribution in [0.15, 0.2) is 46.9 Å². The van der Waals surface area contributed by atoms with Gasteiger partial charge in [0.2, 0.25) is 5.89 Å². The van der Waals surface area contributed by atoms with Crippen molar-refractivity contribution in [2.45, 2.75) is 50.5 Å². The van der Waals surface area contributed by atoms with E-state index in [1.54, 1.807) is 37.2 Å². The van der Waals surface area contributed by atoms with E-state index in [-0.39, 0.29) is 12.5 Å². The summed E-state index contributed by atoms with van der Waals surface area (Å²) in [5, 5.41) is 0. The summed E-state index contributed by atoms with van der Waals surface area (Å²) in [6, 6.07) is 14.1. The maximum Gasteiger partial charge on any atom is 0.253 e. The summed E-state index contributed by atoms with van der Waals surface area (Å²) in [7, 11) is 3.48. The number of amides is 1. The Morgan fingerprint density at radius 3 is 2.31 bits per heavy atom. The molecule has 0 aliphatic heterocycles. The molecule has 4 bridgehead atoms. The number of benzene rings is 2. The minimum atomic E-state index is -0.0492. The van der Waals surface area contributed by atoms with Crippen molar-refractivity contribution in [2.24, 2.45) is 17.8 Å². The topological polar surface area (TPSA) is 55.6 Å². The predicted molar refractivity (Wildman–Crippen MR) is 123 cm³/mol. The van der Waals surface area contributed by atoms with Crippen molar-refractivity contribution in [2.75, 3.05) is 14.1 Å². The first-order valence-corrected chi connectivity index (χ1v) is 11.8. The quantitative estimate of drug-likeness (QED) is 0.530. The van der Waals surface area contributed by atoms with Crippen molar-refractivity contribution < 1.29 is 13.9 Å². The van der Waals surface area contributed by atoms with E-state index in [4.69, 9.17) is 9.15 Å². The van der Waals surface area contributed by atoms with Crippen LogP contribution in [0.25, 0.3) is 11.1 Å². The van der Waals surface area contributed by atoms with Crippen LogP contribution >= 0.6 is 0 Å². The van der Waals surface area contributed by atoms with Crippen molar-refractivity contribution >= 4 is 17.0 Å². The molecule has 4 aliphatic rings. The Labute approximate surface area is 188 Å². The van der Waals surface area contributed by atoms with Gasteiger partial charge in [-0.05, 0) is 97.6 Å². The van der Waals surface area contributed by atoms with Crippen LogP contribution in [0, 0.1) is 17.8 Å². The minimum Gasteiger partial charge on any atom is -0.484 e.